The number of carbonyl (C=O) groups is 3. The number of benzene rings is 1. The summed E-state index contributed by atoms with van der Waals surface area (Å²) in [5.74, 6) is -0.654. The molecule has 0 aliphatic rings. The minimum absolute atomic E-state index is 0.0700. The fraction of sp³-hybridized carbons (Fsp3) is 0.267. The van der Waals surface area contributed by atoms with E-state index in [-0.39, 0.29) is 19.1 Å². The van der Waals surface area contributed by atoms with E-state index in [1.807, 2.05) is 0 Å². The van der Waals surface area contributed by atoms with Crippen LogP contribution in [0, 0.1) is 0 Å². The van der Waals surface area contributed by atoms with Crippen molar-refractivity contribution in [2.75, 3.05) is 23.8 Å². The Balaban J connectivity index is 2.31. The largest absolute Gasteiger partial charge is 0.460 e. The standard InChI is InChI=1S/C15H19N3O4/c1-10(2)14(20)22-9-8-16-15(21)18-13-6-4-12(5-7-13)17-11(3)19/h4-7H,1,8-9H2,2-3H3,(H,17,19)(H2,16,18,21). The summed E-state index contributed by atoms with van der Waals surface area (Å²) >= 11 is 0. The second kappa shape index (κ2) is 8.46. The molecule has 3 amide bonds. The van der Waals surface area contributed by atoms with Gasteiger partial charge in [0.25, 0.3) is 0 Å². The van der Waals surface area contributed by atoms with Gasteiger partial charge in [0.1, 0.15) is 6.61 Å². The third-order valence-electron chi connectivity index (χ3n) is 2.43. The van der Waals surface area contributed by atoms with Crippen LogP contribution in [0.2, 0.25) is 0 Å². The van der Waals surface area contributed by atoms with E-state index in [0.29, 0.717) is 16.9 Å². The molecule has 1 aromatic carbocycles. The van der Waals surface area contributed by atoms with E-state index >= 15 is 0 Å². The number of urea groups is 1. The predicted molar refractivity (Wildman–Crippen MR) is 83.5 cm³/mol. The maximum atomic E-state index is 11.6. The first-order chi connectivity index (χ1) is 10.4. The number of amides is 3. The minimum atomic E-state index is -0.490. The Morgan fingerprint density at radius 3 is 2.09 bits per heavy atom. The summed E-state index contributed by atoms with van der Waals surface area (Å²) < 4.78 is 4.84. The van der Waals surface area contributed by atoms with Crippen LogP contribution in [0.25, 0.3) is 0 Å². The van der Waals surface area contributed by atoms with Gasteiger partial charge in [0, 0.05) is 23.9 Å². The van der Waals surface area contributed by atoms with Crippen molar-refractivity contribution in [1.29, 1.82) is 0 Å². The van der Waals surface area contributed by atoms with Crippen LogP contribution in [0.1, 0.15) is 13.8 Å². The van der Waals surface area contributed by atoms with Crippen molar-refractivity contribution < 1.29 is 19.1 Å². The third-order valence-corrected chi connectivity index (χ3v) is 2.43. The molecule has 0 radical (unpaired) electrons. The molecule has 0 fully saturated rings. The molecule has 1 aromatic rings. The first-order valence-electron chi connectivity index (χ1n) is 6.63. The summed E-state index contributed by atoms with van der Waals surface area (Å²) in [6.45, 7) is 6.67. The van der Waals surface area contributed by atoms with Gasteiger partial charge in [-0.2, -0.15) is 0 Å². The number of esters is 1. The average Bonchev–Trinajstić information content (AvgIpc) is 2.44. The lowest BCUT2D eigenvalue weighted by Gasteiger charge is -2.09. The zero-order valence-corrected chi connectivity index (χ0v) is 12.6. The molecule has 0 saturated heterocycles. The quantitative estimate of drug-likeness (QED) is 0.425. The van der Waals surface area contributed by atoms with Crippen LogP contribution in [0.3, 0.4) is 0 Å². The molecule has 0 aromatic heterocycles. The Labute approximate surface area is 128 Å². The molecule has 0 spiro atoms. The molecule has 7 heteroatoms. The maximum absolute atomic E-state index is 11.6. The molecule has 0 saturated carbocycles. The lowest BCUT2D eigenvalue weighted by molar-refractivity contribution is -0.138. The van der Waals surface area contributed by atoms with Crippen LogP contribution in [-0.2, 0) is 14.3 Å². The highest BCUT2D eigenvalue weighted by Crippen LogP contribution is 2.13. The van der Waals surface area contributed by atoms with Gasteiger partial charge in [0.2, 0.25) is 5.91 Å². The molecular formula is C15H19N3O4. The predicted octanol–water partition coefficient (Wildman–Crippen LogP) is 1.89. The van der Waals surface area contributed by atoms with E-state index < -0.39 is 12.0 Å². The van der Waals surface area contributed by atoms with Crippen molar-refractivity contribution in [3.8, 4) is 0 Å². The number of rotatable bonds is 6. The van der Waals surface area contributed by atoms with E-state index in [4.69, 9.17) is 4.74 Å². The molecular weight excluding hydrogens is 286 g/mol. The molecule has 3 N–H and O–H groups in total. The molecule has 0 aliphatic heterocycles. The van der Waals surface area contributed by atoms with Gasteiger partial charge in [-0.1, -0.05) is 6.58 Å². The summed E-state index contributed by atoms with van der Waals surface area (Å²) in [6.07, 6.45) is 0. The second-order valence-corrected chi connectivity index (χ2v) is 4.56. The van der Waals surface area contributed by atoms with Crippen molar-refractivity contribution in [1.82, 2.24) is 5.32 Å². The molecule has 0 heterocycles. The lowest BCUT2D eigenvalue weighted by Crippen LogP contribution is -2.32. The normalized spacial score (nSPS) is 9.55. The van der Waals surface area contributed by atoms with Gasteiger partial charge < -0.3 is 20.7 Å². The van der Waals surface area contributed by atoms with E-state index in [1.165, 1.54) is 6.92 Å². The number of carbonyl (C=O) groups excluding carboxylic acids is 3. The summed E-state index contributed by atoms with van der Waals surface area (Å²) in [5.41, 5.74) is 1.53. The molecule has 118 valence electrons. The summed E-state index contributed by atoms with van der Waals surface area (Å²) in [6, 6.07) is 6.24. The summed E-state index contributed by atoms with van der Waals surface area (Å²) in [7, 11) is 0. The molecule has 1 rings (SSSR count). The van der Waals surface area contributed by atoms with Gasteiger partial charge in [-0.15, -0.1) is 0 Å². The molecule has 7 nitrogen and oxygen atoms in total. The Hall–Kier alpha value is -2.83. The van der Waals surface area contributed by atoms with Crippen molar-refractivity contribution >= 4 is 29.3 Å². The monoisotopic (exact) mass is 305 g/mol. The maximum Gasteiger partial charge on any atom is 0.333 e. The number of hydrogen-bond donors (Lipinski definition) is 3. The van der Waals surface area contributed by atoms with Crippen LogP contribution in [0.15, 0.2) is 36.4 Å². The van der Waals surface area contributed by atoms with Crippen molar-refractivity contribution in [2.45, 2.75) is 13.8 Å². The van der Waals surface area contributed by atoms with E-state index in [9.17, 15) is 14.4 Å². The van der Waals surface area contributed by atoms with Crippen LogP contribution in [0.4, 0.5) is 16.2 Å². The zero-order chi connectivity index (χ0) is 16.5. The molecule has 0 aliphatic carbocycles. The van der Waals surface area contributed by atoms with Gasteiger partial charge in [0.15, 0.2) is 0 Å². The minimum Gasteiger partial charge on any atom is -0.460 e. The fourth-order valence-electron chi connectivity index (χ4n) is 1.45. The number of ether oxygens (including phenoxy) is 1. The fourth-order valence-corrected chi connectivity index (χ4v) is 1.45. The zero-order valence-electron chi connectivity index (χ0n) is 12.6. The van der Waals surface area contributed by atoms with Gasteiger partial charge in [-0.05, 0) is 31.2 Å². The number of nitrogens with one attached hydrogen (secondary N) is 3. The van der Waals surface area contributed by atoms with E-state index in [1.54, 1.807) is 31.2 Å². The average molecular weight is 305 g/mol. The lowest BCUT2D eigenvalue weighted by atomic mass is 10.3. The van der Waals surface area contributed by atoms with E-state index in [0.717, 1.165) is 0 Å². The molecule has 0 unspecified atom stereocenters. The number of anilines is 2. The topological polar surface area (TPSA) is 96.5 Å². The highest BCUT2D eigenvalue weighted by Gasteiger charge is 2.04. The third kappa shape index (κ3) is 6.56. The van der Waals surface area contributed by atoms with Gasteiger partial charge in [0.05, 0.1) is 6.54 Å². The second-order valence-electron chi connectivity index (χ2n) is 4.56. The highest BCUT2D eigenvalue weighted by atomic mass is 16.5. The van der Waals surface area contributed by atoms with Crippen molar-refractivity contribution in [3.05, 3.63) is 36.4 Å². The molecule has 0 atom stereocenters. The van der Waals surface area contributed by atoms with Crippen molar-refractivity contribution in [2.24, 2.45) is 0 Å². The van der Waals surface area contributed by atoms with Crippen LogP contribution >= 0.6 is 0 Å². The Kier molecular flexibility index (Phi) is 6.62. The van der Waals surface area contributed by atoms with E-state index in [2.05, 4.69) is 22.5 Å². The molecule has 0 bridgehead atoms. The van der Waals surface area contributed by atoms with Gasteiger partial charge in [-0.3, -0.25) is 4.79 Å². The Morgan fingerprint density at radius 1 is 1.05 bits per heavy atom. The highest BCUT2D eigenvalue weighted by molar-refractivity contribution is 5.91. The Bertz CT molecular complexity index is 567. The summed E-state index contributed by atoms with van der Waals surface area (Å²) in [4.78, 5) is 33.6. The Morgan fingerprint density at radius 2 is 1.59 bits per heavy atom. The number of hydrogen-bond acceptors (Lipinski definition) is 4. The first kappa shape index (κ1) is 17.2. The van der Waals surface area contributed by atoms with Gasteiger partial charge in [-0.25, -0.2) is 9.59 Å². The van der Waals surface area contributed by atoms with Crippen LogP contribution < -0.4 is 16.0 Å². The van der Waals surface area contributed by atoms with Crippen molar-refractivity contribution in [3.63, 3.8) is 0 Å². The SMILES string of the molecule is C=C(C)C(=O)OCCNC(=O)Nc1ccc(NC(C)=O)cc1. The molecule has 22 heavy (non-hydrogen) atoms. The first-order valence-corrected chi connectivity index (χ1v) is 6.63. The van der Waals surface area contributed by atoms with Gasteiger partial charge >= 0.3 is 12.0 Å². The smallest absolute Gasteiger partial charge is 0.333 e. The van der Waals surface area contributed by atoms with Crippen LogP contribution in [-0.4, -0.2) is 31.1 Å². The summed E-state index contributed by atoms with van der Waals surface area (Å²) in [5, 5.41) is 7.78. The van der Waals surface area contributed by atoms with Crippen LogP contribution in [0.5, 0.6) is 0 Å².